The zero-order valence-corrected chi connectivity index (χ0v) is 16.9. The maximum Gasteiger partial charge on any atom is 0.223 e. The van der Waals surface area contributed by atoms with Crippen molar-refractivity contribution in [2.45, 2.75) is 33.2 Å². The molecule has 28 heavy (non-hydrogen) atoms. The Morgan fingerprint density at radius 3 is 2.64 bits per heavy atom. The lowest BCUT2D eigenvalue weighted by Crippen LogP contribution is -2.40. The molecule has 1 aliphatic rings. The van der Waals surface area contributed by atoms with E-state index in [4.69, 9.17) is 0 Å². The van der Waals surface area contributed by atoms with Crippen molar-refractivity contribution in [3.63, 3.8) is 0 Å². The number of piperidine rings is 1. The molecule has 1 N–H and O–H groups in total. The number of hydrogen-bond donors (Lipinski definition) is 1. The number of benzene rings is 1. The lowest BCUT2D eigenvalue weighted by atomic mass is 9.95. The highest BCUT2D eigenvalue weighted by Crippen LogP contribution is 2.35. The van der Waals surface area contributed by atoms with Gasteiger partial charge in [0.1, 0.15) is 22.8 Å². The second kappa shape index (κ2) is 7.83. The first-order chi connectivity index (χ1) is 13.5. The fourth-order valence-electron chi connectivity index (χ4n) is 3.69. The summed E-state index contributed by atoms with van der Waals surface area (Å²) in [5, 5.41) is 4.12. The summed E-state index contributed by atoms with van der Waals surface area (Å²) >= 11 is 1.70. The van der Waals surface area contributed by atoms with Gasteiger partial charge in [0.15, 0.2) is 0 Å². The summed E-state index contributed by atoms with van der Waals surface area (Å²) in [6.07, 6.45) is 3.22. The molecule has 1 aliphatic heterocycles. The van der Waals surface area contributed by atoms with E-state index in [1.165, 1.54) is 22.6 Å². The summed E-state index contributed by atoms with van der Waals surface area (Å²) in [5.41, 5.74) is 2.15. The van der Waals surface area contributed by atoms with E-state index in [9.17, 15) is 9.18 Å². The molecule has 0 bridgehead atoms. The number of nitrogens with zero attached hydrogens (tertiary/aromatic N) is 3. The molecule has 1 aromatic carbocycles. The number of hydrogen-bond acceptors (Lipinski definition) is 5. The van der Waals surface area contributed by atoms with Crippen LogP contribution in [0.4, 0.5) is 10.2 Å². The van der Waals surface area contributed by atoms with E-state index in [2.05, 4.69) is 34.0 Å². The van der Waals surface area contributed by atoms with E-state index in [0.717, 1.165) is 47.5 Å². The van der Waals surface area contributed by atoms with Crippen LogP contribution in [-0.4, -0.2) is 29.0 Å². The molecule has 0 spiro atoms. The minimum absolute atomic E-state index is 0.000616. The van der Waals surface area contributed by atoms with Gasteiger partial charge in [0.05, 0.1) is 5.39 Å². The van der Waals surface area contributed by atoms with Gasteiger partial charge >= 0.3 is 0 Å². The van der Waals surface area contributed by atoms with Gasteiger partial charge in [-0.1, -0.05) is 12.1 Å². The Morgan fingerprint density at radius 1 is 1.21 bits per heavy atom. The third-order valence-electron chi connectivity index (χ3n) is 5.49. The summed E-state index contributed by atoms with van der Waals surface area (Å²) in [4.78, 5) is 26.1. The summed E-state index contributed by atoms with van der Waals surface area (Å²) in [7, 11) is 0. The Balaban J connectivity index is 1.38. The molecule has 0 aliphatic carbocycles. The fourth-order valence-corrected chi connectivity index (χ4v) is 4.68. The summed E-state index contributed by atoms with van der Waals surface area (Å²) in [6, 6.07) is 6.22. The maximum absolute atomic E-state index is 13.0. The van der Waals surface area contributed by atoms with E-state index in [0.29, 0.717) is 6.54 Å². The quantitative estimate of drug-likeness (QED) is 0.722. The second-order valence-electron chi connectivity index (χ2n) is 7.27. The molecule has 0 atom stereocenters. The number of fused-ring (bicyclic) bond motifs is 1. The first kappa shape index (κ1) is 18.8. The second-order valence-corrected chi connectivity index (χ2v) is 8.47. The number of aromatic nitrogens is 2. The third-order valence-corrected chi connectivity index (χ3v) is 6.61. The van der Waals surface area contributed by atoms with Gasteiger partial charge in [-0.3, -0.25) is 4.79 Å². The first-order valence-corrected chi connectivity index (χ1v) is 10.3. The highest BCUT2D eigenvalue weighted by Gasteiger charge is 2.27. The number of carbonyl (C=O) groups is 1. The maximum atomic E-state index is 13.0. The van der Waals surface area contributed by atoms with E-state index < -0.39 is 0 Å². The van der Waals surface area contributed by atoms with Crippen molar-refractivity contribution < 1.29 is 9.18 Å². The van der Waals surface area contributed by atoms with Gasteiger partial charge in [-0.2, -0.15) is 0 Å². The average Bonchev–Trinajstić information content (AvgIpc) is 3.01. The molecule has 5 nitrogen and oxygen atoms in total. The highest BCUT2D eigenvalue weighted by molar-refractivity contribution is 7.18. The van der Waals surface area contributed by atoms with E-state index in [1.54, 1.807) is 29.8 Å². The largest absolute Gasteiger partial charge is 0.356 e. The van der Waals surface area contributed by atoms with Crippen molar-refractivity contribution in [3.05, 3.63) is 52.4 Å². The van der Waals surface area contributed by atoms with Gasteiger partial charge in [-0.25, -0.2) is 14.4 Å². The smallest absolute Gasteiger partial charge is 0.223 e. The van der Waals surface area contributed by atoms with Crippen molar-refractivity contribution >= 4 is 33.3 Å². The Labute approximate surface area is 167 Å². The normalized spacial score (nSPS) is 15.2. The third kappa shape index (κ3) is 3.71. The number of halogens is 1. The van der Waals surface area contributed by atoms with Crippen molar-refractivity contribution in [1.29, 1.82) is 0 Å². The number of carbonyl (C=O) groups excluding carboxylic acids is 1. The predicted molar refractivity (Wildman–Crippen MR) is 110 cm³/mol. The topological polar surface area (TPSA) is 58.1 Å². The fraction of sp³-hybridized carbons (Fsp3) is 0.381. The van der Waals surface area contributed by atoms with Crippen LogP contribution in [-0.2, 0) is 11.3 Å². The standard InChI is InChI=1S/C21H23FN4OS/c1-13-14(2)28-21-18(13)19(24-12-25-21)26-9-7-16(8-10-26)20(27)23-11-15-3-5-17(22)6-4-15/h3-6,12,16H,7-11H2,1-2H3,(H,23,27). The predicted octanol–water partition coefficient (Wildman–Crippen LogP) is 3.98. The van der Waals surface area contributed by atoms with Crippen LogP contribution in [0, 0.1) is 25.6 Å². The SMILES string of the molecule is Cc1sc2ncnc(N3CCC(C(=O)NCc4ccc(F)cc4)CC3)c2c1C. The van der Waals surface area contributed by atoms with Gasteiger partial charge < -0.3 is 10.2 Å². The Bertz CT molecular complexity index is 994. The zero-order valence-electron chi connectivity index (χ0n) is 16.0. The lowest BCUT2D eigenvalue weighted by Gasteiger charge is -2.32. The number of aryl methyl sites for hydroxylation is 2. The molecular weight excluding hydrogens is 375 g/mol. The van der Waals surface area contributed by atoms with Crippen LogP contribution < -0.4 is 10.2 Å². The molecule has 4 rings (SSSR count). The van der Waals surface area contributed by atoms with Crippen LogP contribution in [0.15, 0.2) is 30.6 Å². The minimum atomic E-state index is -0.266. The Kier molecular flexibility index (Phi) is 5.26. The molecular formula is C21H23FN4OS. The van der Waals surface area contributed by atoms with Gasteiger partial charge in [-0.05, 0) is 49.9 Å². The summed E-state index contributed by atoms with van der Waals surface area (Å²) in [6.45, 7) is 6.27. The van der Waals surface area contributed by atoms with E-state index in [1.807, 2.05) is 0 Å². The summed E-state index contributed by atoms with van der Waals surface area (Å²) in [5.74, 6) is 0.785. The molecule has 0 unspecified atom stereocenters. The molecule has 1 amide bonds. The average molecular weight is 399 g/mol. The van der Waals surface area contributed by atoms with Crippen LogP contribution in [0.25, 0.3) is 10.2 Å². The van der Waals surface area contributed by atoms with Gasteiger partial charge in [0.25, 0.3) is 0 Å². The van der Waals surface area contributed by atoms with Crippen molar-refractivity contribution in [3.8, 4) is 0 Å². The number of rotatable bonds is 4. The number of anilines is 1. The molecule has 1 fully saturated rings. The zero-order chi connectivity index (χ0) is 19.7. The molecule has 3 aromatic rings. The molecule has 146 valence electrons. The van der Waals surface area contributed by atoms with Crippen LogP contribution in [0.5, 0.6) is 0 Å². The van der Waals surface area contributed by atoms with E-state index >= 15 is 0 Å². The first-order valence-electron chi connectivity index (χ1n) is 9.50. The molecule has 7 heteroatoms. The van der Waals surface area contributed by atoms with Gasteiger partial charge in [0.2, 0.25) is 5.91 Å². The van der Waals surface area contributed by atoms with Crippen LogP contribution in [0.3, 0.4) is 0 Å². The van der Waals surface area contributed by atoms with Gasteiger partial charge in [0, 0.05) is 30.4 Å². The Morgan fingerprint density at radius 2 is 1.93 bits per heavy atom. The molecule has 0 radical (unpaired) electrons. The monoisotopic (exact) mass is 398 g/mol. The molecule has 0 saturated carbocycles. The van der Waals surface area contributed by atoms with Crippen molar-refractivity contribution in [2.24, 2.45) is 5.92 Å². The van der Waals surface area contributed by atoms with E-state index in [-0.39, 0.29) is 17.6 Å². The molecule has 3 heterocycles. The van der Waals surface area contributed by atoms with Crippen LogP contribution in [0.1, 0.15) is 28.8 Å². The minimum Gasteiger partial charge on any atom is -0.356 e. The number of thiophene rings is 1. The molecule has 1 saturated heterocycles. The highest BCUT2D eigenvalue weighted by atomic mass is 32.1. The Hall–Kier alpha value is -2.54. The molecule has 2 aromatic heterocycles. The van der Waals surface area contributed by atoms with Crippen molar-refractivity contribution in [1.82, 2.24) is 15.3 Å². The van der Waals surface area contributed by atoms with Crippen LogP contribution in [0.2, 0.25) is 0 Å². The number of nitrogens with one attached hydrogen (secondary N) is 1. The van der Waals surface area contributed by atoms with Gasteiger partial charge in [-0.15, -0.1) is 11.3 Å². The lowest BCUT2D eigenvalue weighted by molar-refractivity contribution is -0.125. The summed E-state index contributed by atoms with van der Waals surface area (Å²) < 4.78 is 13.0. The van der Waals surface area contributed by atoms with Crippen molar-refractivity contribution in [2.75, 3.05) is 18.0 Å². The number of amides is 1. The van der Waals surface area contributed by atoms with Crippen LogP contribution >= 0.6 is 11.3 Å².